The van der Waals surface area contributed by atoms with Crippen molar-refractivity contribution in [2.24, 2.45) is 7.05 Å². The summed E-state index contributed by atoms with van der Waals surface area (Å²) in [6, 6.07) is 7.66. The highest BCUT2D eigenvalue weighted by Crippen LogP contribution is 2.29. The summed E-state index contributed by atoms with van der Waals surface area (Å²) >= 11 is 0. The second-order valence-corrected chi connectivity index (χ2v) is 4.70. The van der Waals surface area contributed by atoms with Gasteiger partial charge in [0.2, 0.25) is 0 Å². The van der Waals surface area contributed by atoms with Crippen LogP contribution in [0.4, 0.5) is 0 Å². The van der Waals surface area contributed by atoms with Crippen molar-refractivity contribution in [1.29, 1.82) is 0 Å². The number of carbonyl (C=O) groups excluding carboxylic acids is 2. The summed E-state index contributed by atoms with van der Waals surface area (Å²) in [5.74, 6) is -0.0194. The fourth-order valence-electron chi connectivity index (χ4n) is 2.60. The molecule has 2 heterocycles. The molecule has 0 spiro atoms. The van der Waals surface area contributed by atoms with Crippen LogP contribution in [0.15, 0.2) is 24.3 Å². The maximum absolute atomic E-state index is 12.3. The number of fused-ring (bicyclic) bond motifs is 3. The van der Waals surface area contributed by atoms with E-state index in [9.17, 15) is 9.59 Å². The number of amides is 1. The standard InChI is InChI=1S/C14H14N2O2/c1-15-8-7-11(17)12-9-5-3-4-6-10(9)16(2)13(12)14(15)18/h3-6H,7-8H2,1-2H3. The quantitative estimate of drug-likeness (QED) is 0.707. The smallest absolute Gasteiger partial charge is 0.271 e. The molecule has 4 heteroatoms. The van der Waals surface area contributed by atoms with Gasteiger partial charge in [-0.05, 0) is 6.07 Å². The minimum absolute atomic E-state index is 0.0551. The van der Waals surface area contributed by atoms with Crippen LogP contribution in [0.2, 0.25) is 0 Å². The van der Waals surface area contributed by atoms with Crippen molar-refractivity contribution in [3.8, 4) is 0 Å². The highest BCUT2D eigenvalue weighted by Gasteiger charge is 2.30. The lowest BCUT2D eigenvalue weighted by Crippen LogP contribution is -2.27. The first-order valence-electron chi connectivity index (χ1n) is 5.97. The summed E-state index contributed by atoms with van der Waals surface area (Å²) in [5.41, 5.74) is 2.03. The molecule has 1 aliphatic rings. The summed E-state index contributed by atoms with van der Waals surface area (Å²) in [7, 11) is 3.58. The highest BCUT2D eigenvalue weighted by molar-refractivity contribution is 6.17. The summed E-state index contributed by atoms with van der Waals surface area (Å²) in [6.45, 7) is 0.487. The fourth-order valence-corrected chi connectivity index (χ4v) is 2.60. The highest BCUT2D eigenvalue weighted by atomic mass is 16.2. The Morgan fingerprint density at radius 1 is 1.11 bits per heavy atom. The summed E-state index contributed by atoms with van der Waals surface area (Å²) < 4.78 is 1.83. The van der Waals surface area contributed by atoms with E-state index in [1.54, 1.807) is 11.9 Å². The number of ketones is 1. The van der Waals surface area contributed by atoms with Crippen LogP contribution in [0.1, 0.15) is 27.3 Å². The van der Waals surface area contributed by atoms with E-state index in [1.807, 2.05) is 35.9 Å². The number of aryl methyl sites for hydroxylation is 1. The molecule has 0 aliphatic carbocycles. The lowest BCUT2D eigenvalue weighted by Gasteiger charge is -2.14. The summed E-state index contributed by atoms with van der Waals surface area (Å²) in [5, 5.41) is 0.878. The van der Waals surface area contributed by atoms with Crippen molar-refractivity contribution < 1.29 is 9.59 Å². The number of benzene rings is 1. The Morgan fingerprint density at radius 3 is 2.61 bits per heavy atom. The van der Waals surface area contributed by atoms with E-state index in [-0.39, 0.29) is 11.7 Å². The Morgan fingerprint density at radius 2 is 1.83 bits per heavy atom. The number of Topliss-reactive ketones (excluding diaryl/α,β-unsaturated/α-hetero) is 1. The SMILES string of the molecule is CN1CCC(=O)c2c(n(C)c3ccccc23)C1=O. The Bertz CT molecular complexity index is 670. The molecule has 18 heavy (non-hydrogen) atoms. The molecule has 0 bridgehead atoms. The third kappa shape index (κ3) is 1.32. The van der Waals surface area contributed by atoms with E-state index in [0.717, 1.165) is 10.9 Å². The molecule has 1 aromatic heterocycles. The third-order valence-electron chi connectivity index (χ3n) is 3.61. The molecule has 4 nitrogen and oxygen atoms in total. The molecule has 0 N–H and O–H groups in total. The predicted octanol–water partition coefficient (Wildman–Crippen LogP) is 1.84. The lowest BCUT2D eigenvalue weighted by molar-refractivity contribution is 0.0789. The van der Waals surface area contributed by atoms with E-state index in [2.05, 4.69) is 0 Å². The largest absolute Gasteiger partial charge is 0.340 e. The number of hydrogen-bond acceptors (Lipinski definition) is 2. The number of nitrogens with zero attached hydrogens (tertiary/aromatic N) is 2. The maximum Gasteiger partial charge on any atom is 0.271 e. The fraction of sp³-hybridized carbons (Fsp3) is 0.286. The Kier molecular flexibility index (Phi) is 2.26. The molecule has 1 amide bonds. The molecule has 0 atom stereocenters. The minimum Gasteiger partial charge on any atom is -0.340 e. The Labute approximate surface area is 105 Å². The molecule has 3 rings (SSSR count). The van der Waals surface area contributed by atoms with Crippen LogP contribution in [0, 0.1) is 0 Å². The number of para-hydroxylation sites is 1. The molecule has 1 aliphatic heterocycles. The van der Waals surface area contributed by atoms with Gasteiger partial charge in [-0.3, -0.25) is 9.59 Å². The van der Waals surface area contributed by atoms with Gasteiger partial charge in [-0.25, -0.2) is 0 Å². The second kappa shape index (κ2) is 3.70. The van der Waals surface area contributed by atoms with E-state index in [4.69, 9.17) is 0 Å². The van der Waals surface area contributed by atoms with Crippen LogP contribution in [-0.2, 0) is 7.05 Å². The third-order valence-corrected chi connectivity index (χ3v) is 3.61. The molecule has 0 saturated heterocycles. The van der Waals surface area contributed by atoms with Gasteiger partial charge in [-0.15, -0.1) is 0 Å². The number of carbonyl (C=O) groups is 2. The zero-order valence-electron chi connectivity index (χ0n) is 10.4. The van der Waals surface area contributed by atoms with Crippen LogP contribution < -0.4 is 0 Å². The molecule has 1 aromatic carbocycles. The number of rotatable bonds is 0. The average molecular weight is 242 g/mol. The monoisotopic (exact) mass is 242 g/mol. The van der Waals surface area contributed by atoms with Crippen molar-refractivity contribution in [3.05, 3.63) is 35.5 Å². The summed E-state index contributed by atoms with van der Waals surface area (Å²) in [4.78, 5) is 26.2. The van der Waals surface area contributed by atoms with Gasteiger partial charge >= 0.3 is 0 Å². The van der Waals surface area contributed by atoms with Gasteiger partial charge in [-0.2, -0.15) is 0 Å². The van der Waals surface area contributed by atoms with Crippen molar-refractivity contribution in [3.63, 3.8) is 0 Å². The molecule has 0 fully saturated rings. The lowest BCUT2D eigenvalue weighted by atomic mass is 10.1. The normalized spacial score (nSPS) is 16.0. The van der Waals surface area contributed by atoms with Gasteiger partial charge in [0.1, 0.15) is 5.69 Å². The first-order valence-corrected chi connectivity index (χ1v) is 5.97. The van der Waals surface area contributed by atoms with Crippen molar-refractivity contribution in [2.45, 2.75) is 6.42 Å². The first-order chi connectivity index (χ1) is 8.61. The van der Waals surface area contributed by atoms with Crippen molar-refractivity contribution in [2.75, 3.05) is 13.6 Å². The van der Waals surface area contributed by atoms with Gasteiger partial charge in [-0.1, -0.05) is 18.2 Å². The van der Waals surface area contributed by atoms with Crippen molar-refractivity contribution in [1.82, 2.24) is 9.47 Å². The van der Waals surface area contributed by atoms with Crippen LogP contribution in [0.5, 0.6) is 0 Å². The first kappa shape index (κ1) is 11.0. The van der Waals surface area contributed by atoms with Gasteiger partial charge < -0.3 is 9.47 Å². The molecular formula is C14H14N2O2. The maximum atomic E-state index is 12.3. The van der Waals surface area contributed by atoms with Gasteiger partial charge in [0.15, 0.2) is 5.78 Å². The molecule has 2 aromatic rings. The van der Waals surface area contributed by atoms with E-state index in [1.165, 1.54) is 0 Å². The predicted molar refractivity (Wildman–Crippen MR) is 68.8 cm³/mol. The van der Waals surface area contributed by atoms with E-state index >= 15 is 0 Å². The number of hydrogen-bond donors (Lipinski definition) is 0. The molecular weight excluding hydrogens is 228 g/mol. The van der Waals surface area contributed by atoms with Gasteiger partial charge in [0, 0.05) is 38.0 Å². The van der Waals surface area contributed by atoms with Crippen LogP contribution >= 0.6 is 0 Å². The molecule has 0 saturated carbocycles. The molecule has 0 unspecified atom stereocenters. The zero-order valence-corrected chi connectivity index (χ0v) is 10.4. The zero-order chi connectivity index (χ0) is 12.9. The Balaban J connectivity index is 2.43. The van der Waals surface area contributed by atoms with E-state index < -0.39 is 0 Å². The van der Waals surface area contributed by atoms with Crippen LogP contribution in [-0.4, -0.2) is 34.7 Å². The van der Waals surface area contributed by atoms with Gasteiger partial charge in [0.05, 0.1) is 5.56 Å². The molecule has 0 radical (unpaired) electrons. The summed E-state index contributed by atoms with van der Waals surface area (Å²) in [6.07, 6.45) is 0.392. The topological polar surface area (TPSA) is 42.3 Å². The van der Waals surface area contributed by atoms with Crippen LogP contribution in [0.25, 0.3) is 10.9 Å². The molecule has 92 valence electrons. The minimum atomic E-state index is -0.0745. The van der Waals surface area contributed by atoms with E-state index in [0.29, 0.717) is 24.2 Å². The second-order valence-electron chi connectivity index (χ2n) is 4.70. The average Bonchev–Trinajstić information content (AvgIpc) is 2.62. The van der Waals surface area contributed by atoms with Crippen molar-refractivity contribution >= 4 is 22.6 Å². The number of aromatic nitrogens is 1. The van der Waals surface area contributed by atoms with Crippen LogP contribution in [0.3, 0.4) is 0 Å². The Hall–Kier alpha value is -2.10. The van der Waals surface area contributed by atoms with Gasteiger partial charge in [0.25, 0.3) is 5.91 Å².